The molecule has 88 valence electrons. The molecule has 1 atom stereocenters. The van der Waals surface area contributed by atoms with Crippen LogP contribution in [-0.2, 0) is 10.4 Å². The average molecular weight is 228 g/mol. The summed E-state index contributed by atoms with van der Waals surface area (Å²) in [5.41, 5.74) is 0.315. The minimum Gasteiger partial charge on any atom is -0.384 e. The first-order chi connectivity index (χ1) is 8.08. The third kappa shape index (κ3) is 1.34. The number of benzene rings is 1. The molecule has 17 heavy (non-hydrogen) atoms. The predicted octanol–water partition coefficient (Wildman–Crippen LogP) is 2.57. The molecule has 2 heteroatoms. The Kier molecular flexibility index (Phi) is 2.08. The minimum absolute atomic E-state index is 0.104. The van der Waals surface area contributed by atoms with E-state index in [1.54, 1.807) is 6.08 Å². The van der Waals surface area contributed by atoms with Crippen LogP contribution in [0.3, 0.4) is 0 Å². The Balaban J connectivity index is 2.13. The quantitative estimate of drug-likeness (QED) is 0.802. The molecule has 0 radical (unpaired) electrons. The molecule has 2 aliphatic rings. The summed E-state index contributed by atoms with van der Waals surface area (Å²) in [4.78, 5) is 12.1. The van der Waals surface area contributed by atoms with Gasteiger partial charge in [-0.3, -0.25) is 4.79 Å². The molecule has 2 aliphatic carbocycles. The Morgan fingerprint density at radius 2 is 1.82 bits per heavy atom. The second-order valence-electron chi connectivity index (χ2n) is 5.34. The maximum atomic E-state index is 12.1. The lowest BCUT2D eigenvalue weighted by Crippen LogP contribution is -2.44. The summed E-state index contributed by atoms with van der Waals surface area (Å²) in [5, 5.41) is 11.0. The van der Waals surface area contributed by atoms with Crippen LogP contribution in [0.15, 0.2) is 42.0 Å². The van der Waals surface area contributed by atoms with Gasteiger partial charge in [0, 0.05) is 6.42 Å². The van der Waals surface area contributed by atoms with Crippen LogP contribution in [0, 0.1) is 5.41 Å². The number of hydrogen-bond donors (Lipinski definition) is 1. The van der Waals surface area contributed by atoms with Crippen molar-refractivity contribution < 1.29 is 9.90 Å². The highest BCUT2D eigenvalue weighted by Crippen LogP contribution is 2.63. The third-order valence-electron chi connectivity index (χ3n) is 4.18. The monoisotopic (exact) mass is 228 g/mol. The van der Waals surface area contributed by atoms with Crippen LogP contribution in [0.4, 0.5) is 0 Å². The van der Waals surface area contributed by atoms with E-state index in [9.17, 15) is 9.90 Å². The van der Waals surface area contributed by atoms with E-state index >= 15 is 0 Å². The molecule has 1 spiro atoms. The lowest BCUT2D eigenvalue weighted by atomic mass is 9.69. The molecule has 0 bridgehead atoms. The molecule has 0 heterocycles. The fourth-order valence-corrected chi connectivity index (χ4v) is 3.07. The number of rotatable bonds is 1. The smallest absolute Gasteiger partial charge is 0.165 e. The molecule has 1 aromatic rings. The van der Waals surface area contributed by atoms with Crippen LogP contribution in [-0.4, -0.2) is 10.9 Å². The molecule has 0 aromatic heterocycles. The van der Waals surface area contributed by atoms with E-state index in [0.29, 0.717) is 6.42 Å². The van der Waals surface area contributed by atoms with E-state index in [0.717, 1.165) is 24.0 Å². The van der Waals surface area contributed by atoms with Crippen LogP contribution in [0.1, 0.15) is 31.7 Å². The number of ketones is 1. The first-order valence-electron chi connectivity index (χ1n) is 6.08. The van der Waals surface area contributed by atoms with Gasteiger partial charge >= 0.3 is 0 Å². The van der Waals surface area contributed by atoms with E-state index in [1.165, 1.54) is 0 Å². The van der Waals surface area contributed by atoms with Gasteiger partial charge in [0.2, 0.25) is 0 Å². The van der Waals surface area contributed by atoms with Crippen molar-refractivity contribution in [2.45, 2.75) is 31.8 Å². The standard InChI is InChI=1S/C15H16O2/c1-11-9-13(16)14(7-8-14)15(17,10-11)12-5-3-2-4-6-12/h2-6,9,17H,7-8,10H2,1H3. The van der Waals surface area contributed by atoms with Crippen molar-refractivity contribution in [1.82, 2.24) is 0 Å². The molecule has 1 unspecified atom stereocenters. The normalized spacial score (nSPS) is 30.2. The maximum Gasteiger partial charge on any atom is 0.165 e. The van der Waals surface area contributed by atoms with Crippen molar-refractivity contribution in [3.63, 3.8) is 0 Å². The summed E-state index contributed by atoms with van der Waals surface area (Å²) in [5.74, 6) is 0.104. The van der Waals surface area contributed by atoms with Crippen molar-refractivity contribution in [3.05, 3.63) is 47.5 Å². The van der Waals surface area contributed by atoms with Gasteiger partial charge in [-0.05, 0) is 31.4 Å². The van der Waals surface area contributed by atoms with Crippen LogP contribution in [0.2, 0.25) is 0 Å². The van der Waals surface area contributed by atoms with Crippen LogP contribution in [0.5, 0.6) is 0 Å². The van der Waals surface area contributed by atoms with Gasteiger partial charge in [-0.1, -0.05) is 35.9 Å². The molecular weight excluding hydrogens is 212 g/mol. The fourth-order valence-electron chi connectivity index (χ4n) is 3.07. The zero-order valence-corrected chi connectivity index (χ0v) is 9.94. The van der Waals surface area contributed by atoms with E-state index in [1.807, 2.05) is 37.3 Å². The molecule has 1 N–H and O–H groups in total. The SMILES string of the molecule is CC1=CC(=O)C2(CC2)C(O)(c2ccccc2)C1. The lowest BCUT2D eigenvalue weighted by Gasteiger charge is -2.39. The molecular formula is C15H16O2. The Bertz CT molecular complexity index is 497. The summed E-state index contributed by atoms with van der Waals surface area (Å²) in [6, 6.07) is 9.61. The summed E-state index contributed by atoms with van der Waals surface area (Å²) >= 11 is 0. The molecule has 0 saturated heterocycles. The zero-order chi connectivity index (χ0) is 12.1. The highest BCUT2D eigenvalue weighted by molar-refractivity contribution is 5.99. The highest BCUT2D eigenvalue weighted by atomic mass is 16.3. The molecule has 0 amide bonds. The Morgan fingerprint density at radius 1 is 1.18 bits per heavy atom. The lowest BCUT2D eigenvalue weighted by molar-refractivity contribution is -0.134. The van der Waals surface area contributed by atoms with Gasteiger partial charge in [-0.2, -0.15) is 0 Å². The van der Waals surface area contributed by atoms with Crippen molar-refractivity contribution in [1.29, 1.82) is 0 Å². The first-order valence-corrected chi connectivity index (χ1v) is 6.08. The topological polar surface area (TPSA) is 37.3 Å². The molecule has 1 fully saturated rings. The summed E-state index contributed by atoms with van der Waals surface area (Å²) < 4.78 is 0. The Hall–Kier alpha value is -1.41. The third-order valence-corrected chi connectivity index (χ3v) is 4.18. The number of aliphatic hydroxyl groups is 1. The largest absolute Gasteiger partial charge is 0.384 e. The van der Waals surface area contributed by atoms with E-state index in [-0.39, 0.29) is 5.78 Å². The minimum atomic E-state index is -0.996. The van der Waals surface area contributed by atoms with Gasteiger partial charge in [0.05, 0.1) is 5.41 Å². The van der Waals surface area contributed by atoms with Crippen molar-refractivity contribution in [3.8, 4) is 0 Å². The first kappa shape index (κ1) is 10.7. The average Bonchev–Trinajstić information content (AvgIpc) is 3.09. The second kappa shape index (κ2) is 3.30. The maximum absolute atomic E-state index is 12.1. The van der Waals surface area contributed by atoms with E-state index < -0.39 is 11.0 Å². The van der Waals surface area contributed by atoms with Crippen molar-refractivity contribution in [2.75, 3.05) is 0 Å². The van der Waals surface area contributed by atoms with E-state index in [2.05, 4.69) is 0 Å². The van der Waals surface area contributed by atoms with Gasteiger partial charge in [-0.15, -0.1) is 0 Å². The molecule has 3 rings (SSSR count). The Morgan fingerprint density at radius 3 is 2.41 bits per heavy atom. The molecule has 0 aliphatic heterocycles. The predicted molar refractivity (Wildman–Crippen MR) is 65.4 cm³/mol. The van der Waals surface area contributed by atoms with Gasteiger partial charge < -0.3 is 5.11 Å². The van der Waals surface area contributed by atoms with Crippen molar-refractivity contribution in [2.24, 2.45) is 5.41 Å². The number of allylic oxidation sites excluding steroid dienone is 1. The van der Waals surface area contributed by atoms with Crippen LogP contribution < -0.4 is 0 Å². The second-order valence-corrected chi connectivity index (χ2v) is 5.34. The Labute approximate surface area is 101 Å². The summed E-state index contributed by atoms with van der Waals surface area (Å²) in [7, 11) is 0. The van der Waals surface area contributed by atoms with Crippen LogP contribution >= 0.6 is 0 Å². The zero-order valence-electron chi connectivity index (χ0n) is 9.94. The van der Waals surface area contributed by atoms with Crippen LogP contribution in [0.25, 0.3) is 0 Å². The van der Waals surface area contributed by atoms with E-state index in [4.69, 9.17) is 0 Å². The molecule has 1 saturated carbocycles. The molecule has 2 nitrogen and oxygen atoms in total. The fraction of sp³-hybridized carbons (Fsp3) is 0.400. The number of carbonyl (C=O) groups is 1. The summed E-state index contributed by atoms with van der Waals surface area (Å²) in [6.07, 6.45) is 3.90. The van der Waals surface area contributed by atoms with Crippen molar-refractivity contribution >= 4 is 5.78 Å². The van der Waals surface area contributed by atoms with Gasteiger partial charge in [-0.25, -0.2) is 0 Å². The molecule has 1 aromatic carbocycles. The number of hydrogen-bond acceptors (Lipinski definition) is 2. The van der Waals surface area contributed by atoms with Gasteiger partial charge in [0.15, 0.2) is 5.78 Å². The summed E-state index contributed by atoms with van der Waals surface area (Å²) in [6.45, 7) is 1.92. The highest BCUT2D eigenvalue weighted by Gasteiger charge is 2.64. The number of carbonyl (C=O) groups excluding carboxylic acids is 1. The van der Waals surface area contributed by atoms with Gasteiger partial charge in [0.1, 0.15) is 5.60 Å². The van der Waals surface area contributed by atoms with Gasteiger partial charge in [0.25, 0.3) is 0 Å².